The normalized spacial score (nSPS) is 26.2. The Balaban J connectivity index is 1.65. The van der Waals surface area contributed by atoms with Crippen molar-refractivity contribution in [1.82, 2.24) is 5.43 Å². The second kappa shape index (κ2) is 5.80. The molecule has 1 saturated carbocycles. The van der Waals surface area contributed by atoms with Crippen molar-refractivity contribution in [2.24, 2.45) is 11.8 Å². The topological polar surface area (TPSA) is 47.3 Å². The second-order valence-corrected chi connectivity index (χ2v) is 6.24. The van der Waals surface area contributed by atoms with Gasteiger partial charge in [-0.3, -0.25) is 11.3 Å². The molecule has 3 N–H and O–H groups in total. The van der Waals surface area contributed by atoms with E-state index >= 15 is 0 Å². The van der Waals surface area contributed by atoms with Crippen LogP contribution in [0.3, 0.4) is 0 Å². The van der Waals surface area contributed by atoms with Gasteiger partial charge in [-0.15, -0.1) is 0 Å². The number of nitrogens with two attached hydrogens (primary N) is 1. The summed E-state index contributed by atoms with van der Waals surface area (Å²) in [7, 11) is 0. The van der Waals surface area contributed by atoms with Gasteiger partial charge in [-0.1, -0.05) is 12.1 Å². The summed E-state index contributed by atoms with van der Waals surface area (Å²) in [6.45, 7) is 0.840. The highest BCUT2D eigenvalue weighted by atomic mass is 19.1. The van der Waals surface area contributed by atoms with E-state index in [0.717, 1.165) is 31.4 Å². The molecule has 0 aromatic heterocycles. The number of nitrogens with one attached hydrogen (secondary N) is 1. The number of hydrazine groups is 1. The molecule has 20 heavy (non-hydrogen) atoms. The Kier molecular flexibility index (Phi) is 4.06. The minimum atomic E-state index is -0.189. The molecule has 1 aliphatic heterocycles. The number of benzene rings is 1. The molecule has 0 bridgehead atoms. The van der Waals surface area contributed by atoms with Crippen LogP contribution in [0, 0.1) is 11.7 Å². The van der Waals surface area contributed by atoms with E-state index in [4.69, 9.17) is 10.6 Å². The van der Waals surface area contributed by atoms with Gasteiger partial charge in [0.15, 0.2) is 0 Å². The molecule has 2 atom stereocenters. The van der Waals surface area contributed by atoms with E-state index < -0.39 is 0 Å². The van der Waals surface area contributed by atoms with E-state index in [1.54, 1.807) is 0 Å². The second-order valence-electron chi connectivity index (χ2n) is 6.24. The number of halogens is 1. The number of ether oxygens (including phenoxy) is 1. The van der Waals surface area contributed by atoms with Crippen LogP contribution in [0.4, 0.5) is 4.39 Å². The van der Waals surface area contributed by atoms with E-state index in [-0.39, 0.29) is 17.5 Å². The van der Waals surface area contributed by atoms with Crippen molar-refractivity contribution in [2.45, 2.75) is 50.2 Å². The van der Waals surface area contributed by atoms with Gasteiger partial charge in [-0.05, 0) is 62.1 Å². The molecular formula is C16H23FN2O. The summed E-state index contributed by atoms with van der Waals surface area (Å²) in [6, 6.07) is 6.96. The zero-order chi connectivity index (χ0) is 14.0. The summed E-state index contributed by atoms with van der Waals surface area (Å²) in [4.78, 5) is 0. The summed E-state index contributed by atoms with van der Waals surface area (Å²) in [6.07, 6.45) is 6.67. The van der Waals surface area contributed by atoms with Crippen molar-refractivity contribution < 1.29 is 9.13 Å². The third-order valence-corrected chi connectivity index (χ3v) is 4.95. The first-order valence-electron chi connectivity index (χ1n) is 7.55. The molecule has 1 aromatic carbocycles. The quantitative estimate of drug-likeness (QED) is 0.657. The summed E-state index contributed by atoms with van der Waals surface area (Å²) in [5.41, 5.74) is 4.24. The van der Waals surface area contributed by atoms with E-state index in [2.05, 4.69) is 5.43 Å². The smallest absolute Gasteiger partial charge is 0.123 e. The average molecular weight is 278 g/mol. The van der Waals surface area contributed by atoms with Crippen molar-refractivity contribution >= 4 is 0 Å². The van der Waals surface area contributed by atoms with E-state index in [1.807, 2.05) is 12.1 Å². The highest BCUT2D eigenvalue weighted by Gasteiger charge is 2.44. The van der Waals surface area contributed by atoms with Crippen LogP contribution < -0.4 is 11.3 Å². The van der Waals surface area contributed by atoms with Gasteiger partial charge in [-0.25, -0.2) is 4.39 Å². The molecule has 3 rings (SSSR count). The van der Waals surface area contributed by atoms with Crippen LogP contribution in [0.25, 0.3) is 0 Å². The molecule has 1 spiro atoms. The van der Waals surface area contributed by atoms with Crippen LogP contribution in [0.5, 0.6) is 0 Å². The fourth-order valence-corrected chi connectivity index (χ4v) is 3.56. The Hall–Kier alpha value is -0.970. The fourth-order valence-electron chi connectivity index (χ4n) is 3.56. The third-order valence-electron chi connectivity index (χ3n) is 4.95. The lowest BCUT2D eigenvalue weighted by molar-refractivity contribution is -0.147. The fraction of sp³-hybridized carbons (Fsp3) is 0.625. The molecule has 0 amide bonds. The molecule has 0 radical (unpaired) electrons. The van der Waals surface area contributed by atoms with Gasteiger partial charge in [-0.2, -0.15) is 0 Å². The zero-order valence-electron chi connectivity index (χ0n) is 11.8. The van der Waals surface area contributed by atoms with Crippen molar-refractivity contribution in [2.75, 3.05) is 6.61 Å². The number of hydrogen-bond donors (Lipinski definition) is 2. The Morgan fingerprint density at radius 3 is 2.70 bits per heavy atom. The lowest BCUT2D eigenvalue weighted by Gasteiger charge is -2.48. The van der Waals surface area contributed by atoms with Crippen LogP contribution in [-0.4, -0.2) is 18.2 Å². The predicted molar refractivity (Wildman–Crippen MR) is 76.5 cm³/mol. The van der Waals surface area contributed by atoms with Gasteiger partial charge in [0, 0.05) is 12.6 Å². The van der Waals surface area contributed by atoms with Gasteiger partial charge in [0.1, 0.15) is 5.82 Å². The van der Waals surface area contributed by atoms with E-state index in [1.165, 1.54) is 31.4 Å². The van der Waals surface area contributed by atoms with Crippen molar-refractivity contribution in [1.29, 1.82) is 0 Å². The molecule has 1 aromatic rings. The Labute approximate surface area is 119 Å². The monoisotopic (exact) mass is 278 g/mol. The van der Waals surface area contributed by atoms with Crippen LogP contribution >= 0.6 is 0 Å². The molecule has 1 heterocycles. The molecule has 110 valence electrons. The highest BCUT2D eigenvalue weighted by Crippen LogP contribution is 2.45. The van der Waals surface area contributed by atoms with Gasteiger partial charge in [0.25, 0.3) is 0 Å². The van der Waals surface area contributed by atoms with Gasteiger partial charge in [0.2, 0.25) is 0 Å². The van der Waals surface area contributed by atoms with Crippen molar-refractivity contribution in [3.8, 4) is 0 Å². The maximum atomic E-state index is 13.0. The number of rotatable bonds is 4. The van der Waals surface area contributed by atoms with Crippen LogP contribution in [-0.2, 0) is 11.2 Å². The summed E-state index contributed by atoms with van der Waals surface area (Å²) in [5, 5.41) is 0. The third kappa shape index (κ3) is 2.87. The predicted octanol–water partition coefficient (Wildman–Crippen LogP) is 2.55. The number of hydrogen-bond acceptors (Lipinski definition) is 3. The minimum Gasteiger partial charge on any atom is -0.375 e. The SMILES string of the molecule is NNC(Cc1ccc(F)cc1)C1CCOC2(CCC2)C1. The van der Waals surface area contributed by atoms with E-state index in [9.17, 15) is 4.39 Å². The standard InChI is InChI=1S/C16H23FN2O/c17-14-4-2-12(3-5-14)10-15(19-18)13-6-9-20-16(11-13)7-1-8-16/h2-5,13,15,19H,1,6-11,18H2. The Morgan fingerprint density at radius 1 is 1.35 bits per heavy atom. The minimum absolute atomic E-state index is 0.140. The molecular weight excluding hydrogens is 255 g/mol. The largest absolute Gasteiger partial charge is 0.375 e. The molecule has 1 saturated heterocycles. The van der Waals surface area contributed by atoms with E-state index in [0.29, 0.717) is 5.92 Å². The van der Waals surface area contributed by atoms with Crippen molar-refractivity contribution in [3.05, 3.63) is 35.6 Å². The first-order chi connectivity index (χ1) is 9.71. The molecule has 2 aliphatic rings. The summed E-state index contributed by atoms with van der Waals surface area (Å²) >= 11 is 0. The van der Waals surface area contributed by atoms with Crippen LogP contribution in [0.15, 0.2) is 24.3 Å². The first-order valence-corrected chi connectivity index (χ1v) is 7.55. The molecule has 1 aliphatic carbocycles. The Morgan fingerprint density at radius 2 is 2.10 bits per heavy atom. The highest BCUT2D eigenvalue weighted by molar-refractivity contribution is 5.17. The van der Waals surface area contributed by atoms with Gasteiger partial charge >= 0.3 is 0 Å². The molecule has 3 nitrogen and oxygen atoms in total. The first kappa shape index (κ1) is 14.0. The van der Waals surface area contributed by atoms with Crippen LogP contribution in [0.1, 0.15) is 37.7 Å². The summed E-state index contributed by atoms with van der Waals surface area (Å²) in [5.74, 6) is 6.12. The summed E-state index contributed by atoms with van der Waals surface area (Å²) < 4.78 is 18.9. The van der Waals surface area contributed by atoms with Gasteiger partial charge < -0.3 is 4.74 Å². The molecule has 4 heteroatoms. The maximum absolute atomic E-state index is 13.0. The molecule has 2 unspecified atom stereocenters. The van der Waals surface area contributed by atoms with Gasteiger partial charge in [0.05, 0.1) is 5.60 Å². The zero-order valence-corrected chi connectivity index (χ0v) is 11.8. The maximum Gasteiger partial charge on any atom is 0.123 e. The molecule has 2 fully saturated rings. The lowest BCUT2D eigenvalue weighted by Crippen LogP contribution is -2.52. The van der Waals surface area contributed by atoms with Crippen LogP contribution in [0.2, 0.25) is 0 Å². The Bertz CT molecular complexity index is 444. The average Bonchev–Trinajstić information content (AvgIpc) is 2.45. The van der Waals surface area contributed by atoms with Crippen molar-refractivity contribution in [3.63, 3.8) is 0 Å². The lowest BCUT2D eigenvalue weighted by atomic mass is 9.70.